The molecule has 8 nitrogen and oxygen atoms in total. The Kier molecular flexibility index (Phi) is 6.89. The van der Waals surface area contributed by atoms with Gasteiger partial charge in [-0.1, -0.05) is 30.3 Å². The molecule has 0 saturated heterocycles. The highest BCUT2D eigenvalue weighted by Crippen LogP contribution is 2.36. The second-order valence-electron chi connectivity index (χ2n) is 7.03. The summed E-state index contributed by atoms with van der Waals surface area (Å²) in [6, 6.07) is 16.1. The summed E-state index contributed by atoms with van der Waals surface area (Å²) in [5.74, 6) is -0.346. The third kappa shape index (κ3) is 5.32. The standard InChI is InChI=1S/C24H22N2O6S/c1-2-30-24(29)17-13-20(15-6-4-3-5-7-15)33-23(17)26-21(27)14-25-22(28)16-8-9-18-19(12-16)32-11-10-31-18/h3-9,12-13H,2,10-11,14H2,1H3,(H,25,28)(H,26,27). The first kappa shape index (κ1) is 22.3. The van der Waals surface area contributed by atoms with E-state index >= 15 is 0 Å². The molecule has 0 bridgehead atoms. The number of hydrogen-bond donors (Lipinski definition) is 2. The summed E-state index contributed by atoms with van der Waals surface area (Å²) in [5.41, 5.74) is 1.54. The minimum absolute atomic E-state index is 0.217. The number of fused-ring (bicyclic) bond motifs is 1. The first-order valence-corrected chi connectivity index (χ1v) is 11.2. The summed E-state index contributed by atoms with van der Waals surface area (Å²) in [6.45, 7) is 2.53. The SMILES string of the molecule is CCOC(=O)c1cc(-c2ccccc2)sc1NC(=O)CNC(=O)c1ccc2c(c1)OCCO2. The lowest BCUT2D eigenvalue weighted by molar-refractivity contribution is -0.115. The fourth-order valence-corrected chi connectivity index (χ4v) is 4.27. The molecule has 33 heavy (non-hydrogen) atoms. The van der Waals surface area contributed by atoms with Gasteiger partial charge in [0, 0.05) is 10.4 Å². The van der Waals surface area contributed by atoms with Crippen molar-refractivity contribution in [3.63, 3.8) is 0 Å². The molecule has 170 valence electrons. The highest BCUT2D eigenvalue weighted by molar-refractivity contribution is 7.20. The van der Waals surface area contributed by atoms with Crippen LogP contribution in [0.4, 0.5) is 5.00 Å². The number of carbonyl (C=O) groups excluding carboxylic acids is 3. The number of thiophene rings is 1. The van der Waals surface area contributed by atoms with Gasteiger partial charge in [-0.3, -0.25) is 9.59 Å². The van der Waals surface area contributed by atoms with Crippen LogP contribution in [0.15, 0.2) is 54.6 Å². The average Bonchev–Trinajstić information content (AvgIpc) is 3.26. The Bertz CT molecular complexity index is 1170. The molecular formula is C24H22N2O6S. The van der Waals surface area contributed by atoms with E-state index in [2.05, 4.69) is 10.6 Å². The maximum atomic E-state index is 12.5. The summed E-state index contributed by atoms with van der Waals surface area (Å²) in [7, 11) is 0. The summed E-state index contributed by atoms with van der Waals surface area (Å²) in [5, 5.41) is 5.66. The number of rotatable bonds is 7. The highest BCUT2D eigenvalue weighted by atomic mass is 32.1. The first-order chi connectivity index (χ1) is 16.0. The van der Waals surface area contributed by atoms with Crippen molar-refractivity contribution in [1.29, 1.82) is 0 Å². The Hall–Kier alpha value is -3.85. The fourth-order valence-electron chi connectivity index (χ4n) is 3.21. The topological polar surface area (TPSA) is 103 Å². The van der Waals surface area contributed by atoms with Crippen molar-refractivity contribution in [2.75, 3.05) is 31.7 Å². The van der Waals surface area contributed by atoms with Gasteiger partial charge in [0.25, 0.3) is 5.91 Å². The molecule has 0 radical (unpaired) electrons. The third-order valence-electron chi connectivity index (χ3n) is 4.75. The molecule has 2 N–H and O–H groups in total. The molecule has 1 aliphatic rings. The maximum Gasteiger partial charge on any atom is 0.341 e. The van der Waals surface area contributed by atoms with Crippen LogP contribution in [0.5, 0.6) is 11.5 Å². The van der Waals surface area contributed by atoms with Crippen LogP contribution in [0, 0.1) is 0 Å². The quantitative estimate of drug-likeness (QED) is 0.515. The monoisotopic (exact) mass is 466 g/mol. The Labute approximate surface area is 194 Å². The predicted molar refractivity (Wildman–Crippen MR) is 124 cm³/mol. The van der Waals surface area contributed by atoms with E-state index < -0.39 is 17.8 Å². The second-order valence-corrected chi connectivity index (χ2v) is 8.08. The van der Waals surface area contributed by atoms with Crippen LogP contribution in [0.1, 0.15) is 27.6 Å². The van der Waals surface area contributed by atoms with Crippen molar-refractivity contribution in [1.82, 2.24) is 5.32 Å². The molecule has 2 aromatic carbocycles. The van der Waals surface area contributed by atoms with Crippen LogP contribution in [-0.2, 0) is 9.53 Å². The molecule has 4 rings (SSSR count). The molecule has 0 atom stereocenters. The fraction of sp³-hybridized carbons (Fsp3) is 0.208. The Morgan fingerprint density at radius 3 is 2.52 bits per heavy atom. The van der Waals surface area contributed by atoms with Crippen LogP contribution in [0.25, 0.3) is 10.4 Å². The van der Waals surface area contributed by atoms with E-state index in [1.165, 1.54) is 11.3 Å². The average molecular weight is 467 g/mol. The zero-order valence-corrected chi connectivity index (χ0v) is 18.7. The lowest BCUT2D eigenvalue weighted by atomic mass is 10.1. The number of ether oxygens (including phenoxy) is 3. The zero-order chi connectivity index (χ0) is 23.2. The van der Waals surface area contributed by atoms with Gasteiger partial charge in [-0.15, -0.1) is 11.3 Å². The van der Waals surface area contributed by atoms with E-state index in [4.69, 9.17) is 14.2 Å². The van der Waals surface area contributed by atoms with Crippen molar-refractivity contribution < 1.29 is 28.6 Å². The van der Waals surface area contributed by atoms with Gasteiger partial charge in [-0.25, -0.2) is 4.79 Å². The Morgan fingerprint density at radius 1 is 1.00 bits per heavy atom. The number of esters is 1. The molecule has 0 fully saturated rings. The summed E-state index contributed by atoms with van der Waals surface area (Å²) >= 11 is 1.27. The van der Waals surface area contributed by atoms with Gasteiger partial charge < -0.3 is 24.8 Å². The molecule has 0 spiro atoms. The van der Waals surface area contributed by atoms with Crippen molar-refractivity contribution in [3.8, 4) is 21.9 Å². The van der Waals surface area contributed by atoms with Gasteiger partial charge in [-0.05, 0) is 36.8 Å². The third-order valence-corrected chi connectivity index (χ3v) is 5.85. The second kappa shape index (κ2) is 10.2. The first-order valence-electron chi connectivity index (χ1n) is 10.4. The lowest BCUT2D eigenvalue weighted by Crippen LogP contribution is -2.33. The van der Waals surface area contributed by atoms with Gasteiger partial charge in [-0.2, -0.15) is 0 Å². The van der Waals surface area contributed by atoms with Crippen LogP contribution >= 0.6 is 11.3 Å². The molecule has 2 amide bonds. The van der Waals surface area contributed by atoms with Crippen LogP contribution in [-0.4, -0.2) is 44.1 Å². The van der Waals surface area contributed by atoms with E-state index in [0.29, 0.717) is 35.3 Å². The van der Waals surface area contributed by atoms with Crippen molar-refractivity contribution in [2.45, 2.75) is 6.92 Å². The van der Waals surface area contributed by atoms with E-state index in [1.54, 1.807) is 31.2 Å². The smallest absolute Gasteiger partial charge is 0.341 e. The maximum absolute atomic E-state index is 12.5. The molecule has 1 aliphatic heterocycles. The van der Waals surface area contributed by atoms with Crippen molar-refractivity contribution in [2.24, 2.45) is 0 Å². The van der Waals surface area contributed by atoms with Crippen LogP contribution in [0.2, 0.25) is 0 Å². The van der Waals surface area contributed by atoms with Crippen LogP contribution in [0.3, 0.4) is 0 Å². The van der Waals surface area contributed by atoms with Gasteiger partial charge in [0.2, 0.25) is 5.91 Å². The van der Waals surface area contributed by atoms with E-state index in [-0.39, 0.29) is 18.7 Å². The zero-order valence-electron chi connectivity index (χ0n) is 17.9. The molecule has 2 heterocycles. The molecule has 0 aliphatic carbocycles. The lowest BCUT2D eigenvalue weighted by Gasteiger charge is -2.18. The largest absolute Gasteiger partial charge is 0.486 e. The number of benzene rings is 2. The van der Waals surface area contributed by atoms with Gasteiger partial charge in [0.1, 0.15) is 18.2 Å². The predicted octanol–water partition coefficient (Wildman–Crippen LogP) is 3.73. The summed E-state index contributed by atoms with van der Waals surface area (Å²) in [4.78, 5) is 38.2. The van der Waals surface area contributed by atoms with Gasteiger partial charge in [0.05, 0.1) is 18.7 Å². The molecule has 1 aromatic heterocycles. The van der Waals surface area contributed by atoms with Crippen LogP contribution < -0.4 is 20.1 Å². The van der Waals surface area contributed by atoms with E-state index in [9.17, 15) is 14.4 Å². The van der Waals surface area contributed by atoms with Crippen molar-refractivity contribution >= 4 is 34.1 Å². The van der Waals surface area contributed by atoms with E-state index in [1.807, 2.05) is 30.3 Å². The molecule has 9 heteroatoms. The number of nitrogens with one attached hydrogen (secondary N) is 2. The number of amides is 2. The normalized spacial score (nSPS) is 12.0. The van der Waals surface area contributed by atoms with Crippen molar-refractivity contribution in [3.05, 3.63) is 65.7 Å². The number of carbonyl (C=O) groups is 3. The highest BCUT2D eigenvalue weighted by Gasteiger charge is 2.20. The van der Waals surface area contributed by atoms with Gasteiger partial charge in [0.15, 0.2) is 11.5 Å². The Morgan fingerprint density at radius 2 is 1.76 bits per heavy atom. The minimum Gasteiger partial charge on any atom is -0.486 e. The number of anilines is 1. The molecule has 0 saturated carbocycles. The molecule has 0 unspecified atom stereocenters. The molecule has 3 aromatic rings. The minimum atomic E-state index is -0.522. The summed E-state index contributed by atoms with van der Waals surface area (Å²) < 4.78 is 16.1. The van der Waals surface area contributed by atoms with Gasteiger partial charge >= 0.3 is 5.97 Å². The number of hydrogen-bond acceptors (Lipinski definition) is 7. The molecular weight excluding hydrogens is 444 g/mol. The Balaban J connectivity index is 1.43. The van der Waals surface area contributed by atoms with E-state index in [0.717, 1.165) is 10.4 Å². The summed E-state index contributed by atoms with van der Waals surface area (Å²) in [6.07, 6.45) is 0.